The van der Waals surface area contributed by atoms with Crippen LogP contribution in [0.4, 0.5) is 0 Å². The molecule has 0 bridgehead atoms. The Morgan fingerprint density at radius 3 is 2.76 bits per heavy atom. The maximum absolute atomic E-state index is 11.9. The lowest BCUT2D eigenvalue weighted by Crippen LogP contribution is -2.24. The van der Waals surface area contributed by atoms with Gasteiger partial charge in [-0.25, -0.2) is 0 Å². The third kappa shape index (κ3) is 4.80. The standard InChI is InChI=1S/C17H16N4O3S/c1-23-14-7-5-12(6-8-14)16-20-21-17(24-16)25-11-15(22)19-10-13-4-2-3-9-18-13/h2-9H,10-11H2,1H3,(H,19,22). The number of rotatable bonds is 7. The molecule has 0 saturated heterocycles. The number of thioether (sulfide) groups is 1. The number of pyridine rings is 1. The van der Waals surface area contributed by atoms with Crippen molar-refractivity contribution in [1.82, 2.24) is 20.5 Å². The first-order valence-electron chi connectivity index (χ1n) is 7.52. The van der Waals surface area contributed by atoms with Gasteiger partial charge in [0.25, 0.3) is 5.22 Å². The van der Waals surface area contributed by atoms with Crippen LogP contribution in [-0.2, 0) is 11.3 Å². The first-order chi connectivity index (χ1) is 12.2. The van der Waals surface area contributed by atoms with Gasteiger partial charge in [0.2, 0.25) is 11.8 Å². The van der Waals surface area contributed by atoms with Crippen LogP contribution in [0, 0.1) is 0 Å². The Morgan fingerprint density at radius 1 is 1.20 bits per heavy atom. The Hall–Kier alpha value is -2.87. The molecule has 1 amide bonds. The van der Waals surface area contributed by atoms with Crippen LogP contribution in [0.1, 0.15) is 5.69 Å². The van der Waals surface area contributed by atoms with Crippen LogP contribution >= 0.6 is 11.8 Å². The summed E-state index contributed by atoms with van der Waals surface area (Å²) < 4.78 is 10.7. The summed E-state index contributed by atoms with van der Waals surface area (Å²) in [5.41, 5.74) is 1.60. The van der Waals surface area contributed by atoms with E-state index in [1.807, 2.05) is 42.5 Å². The molecule has 3 rings (SSSR count). The van der Waals surface area contributed by atoms with Gasteiger partial charge in [0, 0.05) is 11.8 Å². The SMILES string of the molecule is COc1ccc(-c2nnc(SCC(=O)NCc3ccccn3)o2)cc1. The van der Waals surface area contributed by atoms with Crippen LogP contribution in [0.5, 0.6) is 5.75 Å². The molecule has 3 aromatic rings. The van der Waals surface area contributed by atoms with E-state index < -0.39 is 0 Å². The zero-order valence-corrected chi connectivity index (χ0v) is 14.3. The maximum atomic E-state index is 11.9. The summed E-state index contributed by atoms with van der Waals surface area (Å²) in [6.45, 7) is 0.390. The monoisotopic (exact) mass is 356 g/mol. The second-order valence-electron chi connectivity index (χ2n) is 4.99. The number of nitrogens with one attached hydrogen (secondary N) is 1. The fourth-order valence-corrected chi connectivity index (χ4v) is 2.58. The Kier molecular flexibility index (Phi) is 5.63. The van der Waals surface area contributed by atoms with Crippen LogP contribution < -0.4 is 10.1 Å². The maximum Gasteiger partial charge on any atom is 0.277 e. The summed E-state index contributed by atoms with van der Waals surface area (Å²) in [7, 11) is 1.61. The fourth-order valence-electron chi connectivity index (χ4n) is 1.99. The number of methoxy groups -OCH3 is 1. The molecule has 0 unspecified atom stereocenters. The number of carbonyl (C=O) groups is 1. The molecule has 2 heterocycles. The van der Waals surface area contributed by atoms with Gasteiger partial charge in [-0.15, -0.1) is 10.2 Å². The molecule has 1 N–H and O–H groups in total. The number of aromatic nitrogens is 3. The Bertz CT molecular complexity index is 821. The fraction of sp³-hybridized carbons (Fsp3) is 0.176. The number of hydrogen-bond donors (Lipinski definition) is 1. The molecular formula is C17H16N4O3S. The molecule has 0 radical (unpaired) electrons. The number of ether oxygens (including phenoxy) is 1. The van der Waals surface area contributed by atoms with E-state index in [1.54, 1.807) is 13.3 Å². The van der Waals surface area contributed by atoms with Crippen molar-refractivity contribution in [3.05, 3.63) is 54.4 Å². The topological polar surface area (TPSA) is 90.1 Å². The molecule has 25 heavy (non-hydrogen) atoms. The van der Waals surface area contributed by atoms with Gasteiger partial charge in [-0.05, 0) is 36.4 Å². The normalized spacial score (nSPS) is 10.4. The zero-order chi connectivity index (χ0) is 17.5. The third-order valence-electron chi connectivity index (χ3n) is 3.26. The average molecular weight is 356 g/mol. The van der Waals surface area contributed by atoms with Crippen molar-refractivity contribution in [2.24, 2.45) is 0 Å². The quantitative estimate of drug-likeness (QED) is 0.651. The highest BCUT2D eigenvalue weighted by Crippen LogP contribution is 2.24. The molecule has 1 aromatic carbocycles. The molecule has 0 aliphatic rings. The van der Waals surface area contributed by atoms with Crippen molar-refractivity contribution in [3.63, 3.8) is 0 Å². The van der Waals surface area contributed by atoms with E-state index in [4.69, 9.17) is 9.15 Å². The second-order valence-corrected chi connectivity index (χ2v) is 5.91. The third-order valence-corrected chi connectivity index (χ3v) is 4.08. The lowest BCUT2D eigenvalue weighted by atomic mass is 10.2. The van der Waals surface area contributed by atoms with Crippen molar-refractivity contribution in [1.29, 1.82) is 0 Å². The molecule has 0 aliphatic heterocycles. The molecule has 0 atom stereocenters. The zero-order valence-electron chi connectivity index (χ0n) is 13.5. The predicted molar refractivity (Wildman–Crippen MR) is 93.1 cm³/mol. The molecule has 0 aliphatic carbocycles. The van der Waals surface area contributed by atoms with Crippen molar-refractivity contribution in [2.75, 3.05) is 12.9 Å². The van der Waals surface area contributed by atoms with Crippen molar-refractivity contribution >= 4 is 17.7 Å². The number of benzene rings is 1. The van der Waals surface area contributed by atoms with E-state index in [0.29, 0.717) is 17.7 Å². The summed E-state index contributed by atoms with van der Waals surface area (Å²) in [5, 5.41) is 11.1. The van der Waals surface area contributed by atoms with Crippen LogP contribution in [-0.4, -0.2) is 34.0 Å². The highest BCUT2D eigenvalue weighted by atomic mass is 32.2. The van der Waals surface area contributed by atoms with Gasteiger partial charge in [0.05, 0.1) is 25.1 Å². The van der Waals surface area contributed by atoms with Crippen molar-refractivity contribution in [2.45, 2.75) is 11.8 Å². The minimum absolute atomic E-state index is 0.125. The van der Waals surface area contributed by atoms with Crippen molar-refractivity contribution < 1.29 is 13.9 Å². The predicted octanol–water partition coefficient (Wildman–Crippen LogP) is 2.55. The van der Waals surface area contributed by atoms with Crippen LogP contribution in [0.25, 0.3) is 11.5 Å². The van der Waals surface area contributed by atoms with Gasteiger partial charge >= 0.3 is 0 Å². The van der Waals surface area contributed by atoms with E-state index in [9.17, 15) is 4.79 Å². The molecule has 8 heteroatoms. The Labute approximate surface area is 148 Å². The molecule has 7 nitrogen and oxygen atoms in total. The highest BCUT2D eigenvalue weighted by Gasteiger charge is 2.11. The molecule has 2 aromatic heterocycles. The first kappa shape index (κ1) is 17.0. The van der Waals surface area contributed by atoms with E-state index in [-0.39, 0.29) is 11.7 Å². The first-order valence-corrected chi connectivity index (χ1v) is 8.50. The number of amides is 1. The lowest BCUT2D eigenvalue weighted by Gasteiger charge is -2.03. The minimum atomic E-state index is -0.125. The van der Waals surface area contributed by atoms with Crippen molar-refractivity contribution in [3.8, 4) is 17.2 Å². The second kappa shape index (κ2) is 8.29. The summed E-state index contributed by atoms with van der Waals surface area (Å²) in [5.74, 6) is 1.22. The summed E-state index contributed by atoms with van der Waals surface area (Å²) in [4.78, 5) is 16.0. The molecule has 128 valence electrons. The highest BCUT2D eigenvalue weighted by molar-refractivity contribution is 7.99. The Morgan fingerprint density at radius 2 is 2.04 bits per heavy atom. The molecule has 0 fully saturated rings. The number of hydrogen-bond acceptors (Lipinski definition) is 7. The largest absolute Gasteiger partial charge is 0.497 e. The van der Waals surface area contributed by atoms with E-state index >= 15 is 0 Å². The summed E-state index contributed by atoms with van der Waals surface area (Å²) in [6.07, 6.45) is 1.69. The number of carbonyl (C=O) groups excluding carboxylic acids is 1. The van der Waals surface area contributed by atoms with E-state index in [2.05, 4.69) is 20.5 Å². The van der Waals surface area contributed by atoms with Crippen LogP contribution in [0.3, 0.4) is 0 Å². The van der Waals surface area contributed by atoms with E-state index in [0.717, 1.165) is 17.0 Å². The van der Waals surface area contributed by atoms with Gasteiger partial charge in [-0.1, -0.05) is 17.8 Å². The van der Waals surface area contributed by atoms with Gasteiger partial charge in [0.15, 0.2) is 0 Å². The Balaban J connectivity index is 1.50. The average Bonchev–Trinajstić information content (AvgIpc) is 3.14. The van der Waals surface area contributed by atoms with Gasteiger partial charge in [-0.2, -0.15) is 0 Å². The van der Waals surface area contributed by atoms with Crippen LogP contribution in [0.2, 0.25) is 0 Å². The minimum Gasteiger partial charge on any atom is -0.497 e. The number of nitrogens with zero attached hydrogens (tertiary/aromatic N) is 3. The summed E-state index contributed by atoms with van der Waals surface area (Å²) >= 11 is 1.19. The summed E-state index contributed by atoms with van der Waals surface area (Å²) in [6, 6.07) is 12.9. The van der Waals surface area contributed by atoms with E-state index in [1.165, 1.54) is 11.8 Å². The van der Waals surface area contributed by atoms with Crippen LogP contribution in [0.15, 0.2) is 58.3 Å². The molecular weight excluding hydrogens is 340 g/mol. The van der Waals surface area contributed by atoms with Gasteiger partial charge in [-0.3, -0.25) is 9.78 Å². The van der Waals surface area contributed by atoms with Gasteiger partial charge in [0.1, 0.15) is 5.75 Å². The molecule has 0 spiro atoms. The molecule has 0 saturated carbocycles. The smallest absolute Gasteiger partial charge is 0.277 e. The van der Waals surface area contributed by atoms with Gasteiger partial charge < -0.3 is 14.5 Å². The lowest BCUT2D eigenvalue weighted by molar-refractivity contribution is -0.118.